The summed E-state index contributed by atoms with van der Waals surface area (Å²) in [4.78, 5) is 14.4. The van der Waals surface area contributed by atoms with Crippen molar-refractivity contribution in [3.8, 4) is 11.6 Å². The van der Waals surface area contributed by atoms with Crippen molar-refractivity contribution in [2.45, 2.75) is 32.6 Å². The van der Waals surface area contributed by atoms with Crippen molar-refractivity contribution in [2.24, 2.45) is 7.05 Å². The number of rotatable bonds is 5. The molecule has 0 saturated carbocycles. The maximum Gasteiger partial charge on any atom is 0.268 e. The Morgan fingerprint density at radius 3 is 2.92 bits per heavy atom. The minimum Gasteiger partial charge on any atom is -0.419 e. The van der Waals surface area contributed by atoms with E-state index in [4.69, 9.17) is 4.42 Å². The first-order chi connectivity index (χ1) is 12.7. The highest BCUT2D eigenvalue weighted by molar-refractivity contribution is 5.95. The first kappa shape index (κ1) is 16.5. The average molecular weight is 351 g/mol. The summed E-state index contributed by atoms with van der Waals surface area (Å²) in [6, 6.07) is 9.99. The SMILES string of the molecule is CCc1cc(-c2nnc(CCC(=O)N3CCc4ccccc43)o2)nn1C. The fourth-order valence-corrected chi connectivity index (χ4v) is 3.35. The number of nitrogens with zero attached hydrogens (tertiary/aromatic N) is 5. The van der Waals surface area contributed by atoms with Gasteiger partial charge in [-0.3, -0.25) is 9.48 Å². The summed E-state index contributed by atoms with van der Waals surface area (Å²) in [6.45, 7) is 2.81. The van der Waals surface area contributed by atoms with E-state index in [0.717, 1.165) is 30.8 Å². The number of amides is 1. The molecule has 1 aliphatic heterocycles. The molecule has 0 aliphatic carbocycles. The molecule has 1 aliphatic rings. The molecular formula is C19H21N5O2. The molecule has 1 amide bonds. The third-order valence-electron chi connectivity index (χ3n) is 4.77. The number of carbonyl (C=O) groups excluding carboxylic acids is 1. The number of para-hydroxylation sites is 1. The molecule has 0 spiro atoms. The fraction of sp³-hybridized carbons (Fsp3) is 0.368. The van der Waals surface area contributed by atoms with Crippen LogP contribution in [0.3, 0.4) is 0 Å². The van der Waals surface area contributed by atoms with E-state index in [-0.39, 0.29) is 5.91 Å². The number of aromatic nitrogens is 4. The van der Waals surface area contributed by atoms with Crippen LogP contribution in [0.1, 0.15) is 30.5 Å². The van der Waals surface area contributed by atoms with Crippen LogP contribution in [0.25, 0.3) is 11.6 Å². The zero-order valence-electron chi connectivity index (χ0n) is 15.0. The fourth-order valence-electron chi connectivity index (χ4n) is 3.35. The monoisotopic (exact) mass is 351 g/mol. The highest BCUT2D eigenvalue weighted by atomic mass is 16.4. The zero-order chi connectivity index (χ0) is 18.1. The van der Waals surface area contributed by atoms with Crippen molar-refractivity contribution in [1.29, 1.82) is 0 Å². The van der Waals surface area contributed by atoms with Gasteiger partial charge in [0.15, 0.2) is 0 Å². The van der Waals surface area contributed by atoms with Crippen LogP contribution < -0.4 is 4.90 Å². The summed E-state index contributed by atoms with van der Waals surface area (Å²) in [5.41, 5.74) is 4.01. The van der Waals surface area contributed by atoms with Crippen molar-refractivity contribution in [1.82, 2.24) is 20.0 Å². The highest BCUT2D eigenvalue weighted by Gasteiger charge is 2.24. The number of hydrogen-bond acceptors (Lipinski definition) is 5. The van der Waals surface area contributed by atoms with E-state index in [1.165, 1.54) is 5.56 Å². The minimum absolute atomic E-state index is 0.0841. The maximum atomic E-state index is 12.6. The molecule has 4 rings (SSSR count). The van der Waals surface area contributed by atoms with Crippen LogP contribution in [-0.2, 0) is 31.1 Å². The number of aryl methyl sites for hydroxylation is 3. The van der Waals surface area contributed by atoms with Gasteiger partial charge in [-0.2, -0.15) is 5.10 Å². The van der Waals surface area contributed by atoms with E-state index in [0.29, 0.717) is 30.3 Å². The lowest BCUT2D eigenvalue weighted by Crippen LogP contribution is -2.29. The largest absolute Gasteiger partial charge is 0.419 e. The lowest BCUT2D eigenvalue weighted by Gasteiger charge is -2.16. The van der Waals surface area contributed by atoms with Crippen LogP contribution in [0, 0.1) is 0 Å². The summed E-state index contributed by atoms with van der Waals surface area (Å²) in [6.07, 6.45) is 2.57. The van der Waals surface area contributed by atoms with Gasteiger partial charge in [0.2, 0.25) is 11.8 Å². The first-order valence-corrected chi connectivity index (χ1v) is 8.89. The summed E-state index contributed by atoms with van der Waals surface area (Å²) >= 11 is 0. The molecule has 0 atom stereocenters. The van der Waals surface area contributed by atoms with Crippen LogP contribution in [-0.4, -0.2) is 32.4 Å². The van der Waals surface area contributed by atoms with Crippen molar-refractivity contribution in [3.05, 3.63) is 47.5 Å². The van der Waals surface area contributed by atoms with Gasteiger partial charge in [-0.25, -0.2) is 0 Å². The van der Waals surface area contributed by atoms with E-state index in [1.807, 2.05) is 40.9 Å². The number of fused-ring (bicyclic) bond motifs is 1. The molecule has 0 bridgehead atoms. The quantitative estimate of drug-likeness (QED) is 0.706. The third kappa shape index (κ3) is 3.00. The number of anilines is 1. The predicted octanol–water partition coefficient (Wildman–Crippen LogP) is 2.55. The molecule has 7 nitrogen and oxygen atoms in total. The van der Waals surface area contributed by atoms with Gasteiger partial charge in [0, 0.05) is 37.8 Å². The minimum atomic E-state index is 0.0841. The molecule has 2 aromatic heterocycles. The Balaban J connectivity index is 1.41. The van der Waals surface area contributed by atoms with Gasteiger partial charge in [-0.15, -0.1) is 10.2 Å². The second kappa shape index (κ2) is 6.74. The van der Waals surface area contributed by atoms with Crippen LogP contribution >= 0.6 is 0 Å². The smallest absolute Gasteiger partial charge is 0.268 e. The Hall–Kier alpha value is -2.96. The molecule has 0 unspecified atom stereocenters. The Bertz CT molecular complexity index is 943. The molecule has 3 aromatic rings. The van der Waals surface area contributed by atoms with Crippen LogP contribution in [0.4, 0.5) is 5.69 Å². The third-order valence-corrected chi connectivity index (χ3v) is 4.77. The predicted molar refractivity (Wildman–Crippen MR) is 96.7 cm³/mol. The first-order valence-electron chi connectivity index (χ1n) is 8.89. The Labute approximate surface area is 151 Å². The second-order valence-corrected chi connectivity index (χ2v) is 6.42. The molecule has 0 N–H and O–H groups in total. The zero-order valence-corrected chi connectivity index (χ0v) is 15.0. The van der Waals surface area contributed by atoms with E-state index < -0.39 is 0 Å². The van der Waals surface area contributed by atoms with Crippen LogP contribution in [0.5, 0.6) is 0 Å². The van der Waals surface area contributed by atoms with Crippen molar-refractivity contribution >= 4 is 11.6 Å². The van der Waals surface area contributed by atoms with Crippen molar-refractivity contribution in [2.75, 3.05) is 11.4 Å². The Kier molecular flexibility index (Phi) is 4.28. The van der Waals surface area contributed by atoms with E-state index in [1.54, 1.807) is 0 Å². The molecule has 134 valence electrons. The molecule has 1 aromatic carbocycles. The summed E-state index contributed by atoms with van der Waals surface area (Å²) in [5.74, 6) is 0.944. The van der Waals surface area contributed by atoms with Gasteiger partial charge in [0.05, 0.1) is 0 Å². The molecule has 0 fully saturated rings. The highest BCUT2D eigenvalue weighted by Crippen LogP contribution is 2.28. The van der Waals surface area contributed by atoms with Crippen molar-refractivity contribution in [3.63, 3.8) is 0 Å². The molecular weight excluding hydrogens is 330 g/mol. The average Bonchev–Trinajstić information content (AvgIpc) is 3.37. The molecule has 0 saturated heterocycles. The number of hydrogen-bond donors (Lipinski definition) is 0. The molecule has 7 heteroatoms. The maximum absolute atomic E-state index is 12.6. The Morgan fingerprint density at radius 2 is 2.12 bits per heavy atom. The number of carbonyl (C=O) groups is 1. The van der Waals surface area contributed by atoms with Crippen LogP contribution in [0.2, 0.25) is 0 Å². The Morgan fingerprint density at radius 1 is 1.27 bits per heavy atom. The second-order valence-electron chi connectivity index (χ2n) is 6.42. The van der Waals surface area contributed by atoms with E-state index in [2.05, 4.69) is 28.3 Å². The standard InChI is InChI=1S/C19H21N5O2/c1-3-14-12-15(22-23(14)2)19-21-20-17(26-19)8-9-18(25)24-11-10-13-6-4-5-7-16(13)24/h4-7,12H,3,8-11H2,1-2H3. The lowest BCUT2D eigenvalue weighted by molar-refractivity contribution is -0.118. The number of benzene rings is 1. The summed E-state index contributed by atoms with van der Waals surface area (Å²) in [5, 5.41) is 12.5. The van der Waals surface area contributed by atoms with Gasteiger partial charge in [0.25, 0.3) is 5.89 Å². The normalized spacial score (nSPS) is 13.2. The van der Waals surface area contributed by atoms with E-state index in [9.17, 15) is 4.79 Å². The molecule has 26 heavy (non-hydrogen) atoms. The van der Waals surface area contributed by atoms with Gasteiger partial charge in [0.1, 0.15) is 5.69 Å². The van der Waals surface area contributed by atoms with Crippen molar-refractivity contribution < 1.29 is 9.21 Å². The van der Waals surface area contributed by atoms with E-state index >= 15 is 0 Å². The molecule has 3 heterocycles. The van der Waals surface area contributed by atoms with Gasteiger partial charge < -0.3 is 9.32 Å². The lowest BCUT2D eigenvalue weighted by atomic mass is 10.2. The topological polar surface area (TPSA) is 77.1 Å². The molecule has 0 radical (unpaired) electrons. The van der Waals surface area contributed by atoms with Gasteiger partial charge >= 0.3 is 0 Å². The summed E-state index contributed by atoms with van der Waals surface area (Å²) in [7, 11) is 1.90. The summed E-state index contributed by atoms with van der Waals surface area (Å²) < 4.78 is 7.51. The van der Waals surface area contributed by atoms with Crippen LogP contribution in [0.15, 0.2) is 34.7 Å². The van der Waals surface area contributed by atoms with Gasteiger partial charge in [-0.05, 0) is 30.5 Å². The van der Waals surface area contributed by atoms with Gasteiger partial charge in [-0.1, -0.05) is 25.1 Å².